The molecule has 4 nitrogen and oxygen atoms in total. The normalized spacial score (nSPS) is 11.1. The van der Waals surface area contributed by atoms with Gasteiger partial charge in [0, 0.05) is 19.7 Å². The summed E-state index contributed by atoms with van der Waals surface area (Å²) in [4.78, 5) is 23.7. The van der Waals surface area contributed by atoms with E-state index in [-0.39, 0.29) is 16.3 Å². The number of carbonyl (C=O) groups is 2. The van der Waals surface area contributed by atoms with E-state index in [0.717, 1.165) is 6.07 Å². The zero-order valence-corrected chi connectivity index (χ0v) is 10.8. The Bertz CT molecular complexity index is 515. The van der Waals surface area contributed by atoms with Crippen LogP contribution in [0, 0.1) is 0 Å². The van der Waals surface area contributed by atoms with Gasteiger partial charge in [-0.2, -0.15) is 13.2 Å². The zero-order valence-electron chi connectivity index (χ0n) is 10.0. The van der Waals surface area contributed by atoms with Crippen molar-refractivity contribution >= 4 is 29.1 Å². The molecule has 0 spiro atoms. The molecule has 0 aliphatic rings. The van der Waals surface area contributed by atoms with Crippen molar-refractivity contribution in [2.24, 2.45) is 0 Å². The van der Waals surface area contributed by atoms with Gasteiger partial charge in [-0.05, 0) is 18.2 Å². The van der Waals surface area contributed by atoms with Gasteiger partial charge in [0.05, 0.1) is 10.7 Å². The van der Waals surface area contributed by atoms with Crippen LogP contribution >= 0.6 is 11.6 Å². The molecular weight excluding hydrogens is 285 g/mol. The lowest BCUT2D eigenvalue weighted by Gasteiger charge is -2.13. The van der Waals surface area contributed by atoms with Crippen LogP contribution in [0.2, 0.25) is 5.02 Å². The molecule has 0 aliphatic carbocycles. The first-order chi connectivity index (χ1) is 8.62. The third-order valence-electron chi connectivity index (χ3n) is 2.13. The Morgan fingerprint density at radius 1 is 1.26 bits per heavy atom. The number of rotatable bonds is 2. The molecule has 0 heterocycles. The maximum Gasteiger partial charge on any atom is 0.471 e. The number of anilines is 1. The lowest BCUT2D eigenvalue weighted by atomic mass is 10.2. The SMILES string of the molecule is CN(C)C(=O)c1ccc(Cl)c(NC(=O)C(F)(F)F)c1. The predicted molar refractivity (Wildman–Crippen MR) is 64.2 cm³/mol. The largest absolute Gasteiger partial charge is 0.471 e. The summed E-state index contributed by atoms with van der Waals surface area (Å²) < 4.78 is 36.4. The lowest BCUT2D eigenvalue weighted by molar-refractivity contribution is -0.167. The molecule has 104 valence electrons. The topological polar surface area (TPSA) is 49.4 Å². The number of nitrogens with one attached hydrogen (secondary N) is 1. The van der Waals surface area contributed by atoms with Crippen molar-refractivity contribution in [2.75, 3.05) is 19.4 Å². The molecule has 1 aromatic carbocycles. The Kier molecular flexibility index (Phi) is 4.41. The van der Waals surface area contributed by atoms with Crippen molar-refractivity contribution in [3.05, 3.63) is 28.8 Å². The molecule has 1 N–H and O–H groups in total. The average Bonchev–Trinajstić information content (AvgIpc) is 2.29. The monoisotopic (exact) mass is 294 g/mol. The number of halogens is 4. The Morgan fingerprint density at radius 3 is 2.32 bits per heavy atom. The van der Waals surface area contributed by atoms with Gasteiger partial charge < -0.3 is 10.2 Å². The second-order valence-corrected chi connectivity index (χ2v) is 4.25. The van der Waals surface area contributed by atoms with E-state index in [9.17, 15) is 22.8 Å². The average molecular weight is 295 g/mol. The molecule has 0 bridgehead atoms. The van der Waals surface area contributed by atoms with Gasteiger partial charge in [-0.3, -0.25) is 9.59 Å². The molecule has 0 saturated heterocycles. The minimum Gasteiger partial charge on any atom is -0.345 e. The van der Waals surface area contributed by atoms with E-state index < -0.39 is 18.0 Å². The highest BCUT2D eigenvalue weighted by atomic mass is 35.5. The summed E-state index contributed by atoms with van der Waals surface area (Å²) >= 11 is 5.67. The summed E-state index contributed by atoms with van der Waals surface area (Å²) in [7, 11) is 2.98. The third-order valence-corrected chi connectivity index (χ3v) is 2.45. The van der Waals surface area contributed by atoms with E-state index in [4.69, 9.17) is 11.6 Å². The van der Waals surface area contributed by atoms with Crippen molar-refractivity contribution in [3.8, 4) is 0 Å². The van der Waals surface area contributed by atoms with Crippen molar-refractivity contribution < 1.29 is 22.8 Å². The fourth-order valence-corrected chi connectivity index (χ4v) is 1.37. The second-order valence-electron chi connectivity index (χ2n) is 3.85. The van der Waals surface area contributed by atoms with Gasteiger partial charge in [-0.25, -0.2) is 0 Å². The molecule has 0 atom stereocenters. The molecule has 0 aliphatic heterocycles. The highest BCUT2D eigenvalue weighted by Crippen LogP contribution is 2.26. The maximum absolute atomic E-state index is 12.1. The highest BCUT2D eigenvalue weighted by molar-refractivity contribution is 6.34. The van der Waals surface area contributed by atoms with Crippen LogP contribution in [0.1, 0.15) is 10.4 Å². The van der Waals surface area contributed by atoms with Crippen LogP contribution in [-0.2, 0) is 4.79 Å². The molecule has 0 aromatic heterocycles. The van der Waals surface area contributed by atoms with E-state index in [0.29, 0.717) is 0 Å². The minimum atomic E-state index is -5.02. The number of benzene rings is 1. The summed E-state index contributed by atoms with van der Waals surface area (Å²) in [6, 6.07) is 3.69. The first kappa shape index (κ1) is 15.3. The van der Waals surface area contributed by atoms with E-state index >= 15 is 0 Å². The van der Waals surface area contributed by atoms with E-state index in [1.54, 1.807) is 5.32 Å². The molecule has 2 amide bonds. The molecule has 0 fully saturated rings. The van der Waals surface area contributed by atoms with Gasteiger partial charge in [0.25, 0.3) is 5.91 Å². The van der Waals surface area contributed by atoms with Gasteiger partial charge >= 0.3 is 12.1 Å². The zero-order chi connectivity index (χ0) is 14.8. The summed E-state index contributed by atoms with van der Waals surface area (Å²) in [6.45, 7) is 0. The van der Waals surface area contributed by atoms with Crippen LogP contribution in [0.4, 0.5) is 18.9 Å². The molecule has 1 rings (SSSR count). The van der Waals surface area contributed by atoms with E-state index in [2.05, 4.69) is 0 Å². The standard InChI is InChI=1S/C11H10ClF3N2O2/c1-17(2)9(18)6-3-4-7(12)8(5-6)16-10(19)11(13,14)15/h3-5H,1-2H3,(H,16,19). The number of alkyl halides is 3. The number of amides is 2. The van der Waals surface area contributed by atoms with Crippen molar-refractivity contribution in [1.29, 1.82) is 0 Å². The number of nitrogens with zero attached hydrogens (tertiary/aromatic N) is 1. The Labute approximate surface area is 112 Å². The fraction of sp³-hybridized carbons (Fsp3) is 0.273. The van der Waals surface area contributed by atoms with Crippen LogP contribution in [0.15, 0.2) is 18.2 Å². The number of carbonyl (C=O) groups excluding carboxylic acids is 2. The molecule has 0 radical (unpaired) electrons. The fourth-order valence-electron chi connectivity index (χ4n) is 1.21. The van der Waals surface area contributed by atoms with Gasteiger partial charge in [-0.1, -0.05) is 11.6 Å². The Morgan fingerprint density at radius 2 is 1.84 bits per heavy atom. The lowest BCUT2D eigenvalue weighted by Crippen LogP contribution is -2.30. The van der Waals surface area contributed by atoms with Crippen molar-refractivity contribution in [1.82, 2.24) is 4.90 Å². The first-order valence-corrected chi connectivity index (χ1v) is 5.40. The first-order valence-electron chi connectivity index (χ1n) is 5.02. The summed E-state index contributed by atoms with van der Waals surface area (Å²) in [5, 5.41) is 1.53. The van der Waals surface area contributed by atoms with Crippen LogP contribution in [0.5, 0.6) is 0 Å². The van der Waals surface area contributed by atoms with E-state index in [1.165, 1.54) is 31.1 Å². The third kappa shape index (κ3) is 3.85. The Hall–Kier alpha value is -1.76. The summed E-state index contributed by atoms with van der Waals surface area (Å²) in [6.07, 6.45) is -5.02. The van der Waals surface area contributed by atoms with Gasteiger partial charge in [-0.15, -0.1) is 0 Å². The number of hydrogen-bond donors (Lipinski definition) is 1. The van der Waals surface area contributed by atoms with Gasteiger partial charge in [0.2, 0.25) is 0 Å². The van der Waals surface area contributed by atoms with Crippen LogP contribution < -0.4 is 5.32 Å². The van der Waals surface area contributed by atoms with Gasteiger partial charge in [0.1, 0.15) is 0 Å². The molecular formula is C11H10ClF3N2O2. The Balaban J connectivity index is 3.05. The second kappa shape index (κ2) is 5.48. The van der Waals surface area contributed by atoms with Crippen molar-refractivity contribution in [3.63, 3.8) is 0 Å². The summed E-state index contributed by atoms with van der Waals surface area (Å²) in [5.74, 6) is -2.57. The van der Waals surface area contributed by atoms with Crippen LogP contribution in [0.3, 0.4) is 0 Å². The minimum absolute atomic E-state index is 0.0899. The van der Waals surface area contributed by atoms with Crippen LogP contribution in [-0.4, -0.2) is 37.0 Å². The highest BCUT2D eigenvalue weighted by Gasteiger charge is 2.39. The predicted octanol–water partition coefficient (Wildman–Crippen LogP) is 2.54. The molecule has 1 aromatic rings. The van der Waals surface area contributed by atoms with Crippen LogP contribution in [0.25, 0.3) is 0 Å². The molecule has 8 heteroatoms. The quantitative estimate of drug-likeness (QED) is 0.911. The molecule has 19 heavy (non-hydrogen) atoms. The maximum atomic E-state index is 12.1. The van der Waals surface area contributed by atoms with E-state index in [1.807, 2.05) is 0 Å². The summed E-state index contributed by atoms with van der Waals surface area (Å²) in [5.41, 5.74) is -0.149. The number of hydrogen-bond acceptors (Lipinski definition) is 2. The molecule has 0 unspecified atom stereocenters. The van der Waals surface area contributed by atoms with Gasteiger partial charge in [0.15, 0.2) is 0 Å². The van der Waals surface area contributed by atoms with Crippen molar-refractivity contribution in [2.45, 2.75) is 6.18 Å². The molecule has 0 saturated carbocycles. The smallest absolute Gasteiger partial charge is 0.345 e.